The third-order valence-electron chi connectivity index (χ3n) is 4.57. The predicted molar refractivity (Wildman–Crippen MR) is 79.2 cm³/mol. The molecule has 1 saturated heterocycles. The van der Waals surface area contributed by atoms with E-state index in [9.17, 15) is 0 Å². The highest BCUT2D eigenvalue weighted by Gasteiger charge is 2.24. The number of rotatable bonds is 4. The first-order valence-electron chi connectivity index (χ1n) is 7.56. The van der Waals surface area contributed by atoms with E-state index in [4.69, 9.17) is 9.47 Å². The highest BCUT2D eigenvalue weighted by Crippen LogP contribution is 2.36. The molecule has 1 aromatic carbocycles. The quantitative estimate of drug-likeness (QED) is 0.915. The lowest BCUT2D eigenvalue weighted by Crippen LogP contribution is -2.38. The van der Waals surface area contributed by atoms with Gasteiger partial charge in [-0.05, 0) is 70.1 Å². The molecule has 1 atom stereocenters. The molecule has 2 aliphatic heterocycles. The Morgan fingerprint density at radius 3 is 2.75 bits per heavy atom. The van der Waals surface area contributed by atoms with Crippen LogP contribution in [0.5, 0.6) is 11.5 Å². The van der Waals surface area contributed by atoms with Crippen LogP contribution >= 0.6 is 0 Å². The highest BCUT2D eigenvalue weighted by atomic mass is 16.7. The van der Waals surface area contributed by atoms with Crippen LogP contribution in [0, 0.1) is 5.92 Å². The van der Waals surface area contributed by atoms with E-state index in [-0.39, 0.29) is 0 Å². The van der Waals surface area contributed by atoms with Gasteiger partial charge in [0.25, 0.3) is 0 Å². The lowest BCUT2D eigenvalue weighted by molar-refractivity contribution is 0.141. The second kappa shape index (κ2) is 6.02. The average Bonchev–Trinajstić information content (AvgIpc) is 2.95. The van der Waals surface area contributed by atoms with Gasteiger partial charge in [-0.1, -0.05) is 6.07 Å². The fourth-order valence-electron chi connectivity index (χ4n) is 3.22. The molecule has 3 rings (SSSR count). The van der Waals surface area contributed by atoms with E-state index in [1.807, 2.05) is 13.1 Å². The molecule has 0 aliphatic carbocycles. The molecule has 2 aliphatic rings. The summed E-state index contributed by atoms with van der Waals surface area (Å²) in [4.78, 5) is 2.57. The fourth-order valence-corrected chi connectivity index (χ4v) is 3.22. The van der Waals surface area contributed by atoms with Crippen molar-refractivity contribution in [2.45, 2.75) is 25.8 Å². The Kier molecular flexibility index (Phi) is 4.13. The number of hydrogen-bond donors (Lipinski definition) is 1. The van der Waals surface area contributed by atoms with E-state index in [2.05, 4.69) is 29.3 Å². The molecule has 1 unspecified atom stereocenters. The van der Waals surface area contributed by atoms with Crippen LogP contribution in [0.1, 0.15) is 31.4 Å². The van der Waals surface area contributed by atoms with Crippen LogP contribution in [0.15, 0.2) is 18.2 Å². The van der Waals surface area contributed by atoms with Gasteiger partial charge < -0.3 is 14.8 Å². The molecule has 110 valence electrons. The van der Waals surface area contributed by atoms with Crippen molar-refractivity contribution < 1.29 is 9.47 Å². The summed E-state index contributed by atoms with van der Waals surface area (Å²) in [6.07, 6.45) is 2.57. The Balaban J connectivity index is 1.63. The molecule has 4 nitrogen and oxygen atoms in total. The van der Waals surface area contributed by atoms with Crippen molar-refractivity contribution in [3.8, 4) is 11.5 Å². The number of nitrogens with zero attached hydrogens (tertiary/aromatic N) is 1. The first-order chi connectivity index (χ1) is 9.78. The van der Waals surface area contributed by atoms with E-state index in [0.29, 0.717) is 12.8 Å². The van der Waals surface area contributed by atoms with Crippen LogP contribution in [0.3, 0.4) is 0 Å². The standard InChI is InChI=1S/C16H24N2O2/c1-12(18-7-5-13(6-8-18)10-17-2)14-3-4-15-16(9-14)20-11-19-15/h3-4,9,12-13,17H,5-8,10-11H2,1-2H3. The summed E-state index contributed by atoms with van der Waals surface area (Å²) in [5.41, 5.74) is 1.32. The van der Waals surface area contributed by atoms with Crippen molar-refractivity contribution in [3.05, 3.63) is 23.8 Å². The van der Waals surface area contributed by atoms with Gasteiger partial charge in [0.2, 0.25) is 6.79 Å². The van der Waals surface area contributed by atoms with Gasteiger partial charge in [0.15, 0.2) is 11.5 Å². The van der Waals surface area contributed by atoms with Crippen LogP contribution in [0.2, 0.25) is 0 Å². The Labute approximate surface area is 121 Å². The summed E-state index contributed by atoms with van der Waals surface area (Å²) >= 11 is 0. The van der Waals surface area contributed by atoms with Crippen LogP contribution in [-0.2, 0) is 0 Å². The van der Waals surface area contributed by atoms with E-state index in [0.717, 1.165) is 24.0 Å². The molecule has 0 radical (unpaired) electrons. The van der Waals surface area contributed by atoms with E-state index in [1.54, 1.807) is 0 Å². The van der Waals surface area contributed by atoms with Crippen LogP contribution < -0.4 is 14.8 Å². The summed E-state index contributed by atoms with van der Waals surface area (Å²) in [5.74, 6) is 2.59. The maximum atomic E-state index is 5.48. The maximum Gasteiger partial charge on any atom is 0.231 e. The molecule has 0 spiro atoms. The third-order valence-corrected chi connectivity index (χ3v) is 4.57. The third kappa shape index (κ3) is 2.76. The summed E-state index contributed by atoms with van der Waals surface area (Å²) in [6.45, 7) is 6.15. The van der Waals surface area contributed by atoms with Gasteiger partial charge in [-0.25, -0.2) is 0 Å². The topological polar surface area (TPSA) is 33.7 Å². The summed E-state index contributed by atoms with van der Waals surface area (Å²) in [7, 11) is 2.04. The van der Waals surface area contributed by atoms with E-state index in [1.165, 1.54) is 31.5 Å². The van der Waals surface area contributed by atoms with Crippen LogP contribution in [0.4, 0.5) is 0 Å². The molecule has 1 aromatic rings. The summed E-state index contributed by atoms with van der Waals surface area (Å²) < 4.78 is 10.9. The monoisotopic (exact) mass is 276 g/mol. The normalized spacial score (nSPS) is 21.1. The van der Waals surface area contributed by atoms with Gasteiger partial charge >= 0.3 is 0 Å². The molecule has 4 heteroatoms. The van der Waals surface area contributed by atoms with Gasteiger partial charge in [0.05, 0.1) is 0 Å². The number of fused-ring (bicyclic) bond motifs is 1. The van der Waals surface area contributed by atoms with Gasteiger partial charge in [-0.3, -0.25) is 4.90 Å². The van der Waals surface area contributed by atoms with Crippen molar-refractivity contribution in [1.29, 1.82) is 0 Å². The van der Waals surface area contributed by atoms with Gasteiger partial charge in [0, 0.05) is 6.04 Å². The Bertz CT molecular complexity index is 456. The molecule has 2 heterocycles. The molecule has 1 fully saturated rings. The van der Waals surface area contributed by atoms with E-state index >= 15 is 0 Å². The van der Waals surface area contributed by atoms with Crippen molar-refractivity contribution >= 4 is 0 Å². The zero-order valence-corrected chi connectivity index (χ0v) is 12.4. The first-order valence-corrected chi connectivity index (χ1v) is 7.56. The molecule has 0 amide bonds. The highest BCUT2D eigenvalue weighted by molar-refractivity contribution is 5.45. The van der Waals surface area contributed by atoms with Crippen molar-refractivity contribution in [3.63, 3.8) is 0 Å². The minimum atomic E-state index is 0.350. The smallest absolute Gasteiger partial charge is 0.231 e. The van der Waals surface area contributed by atoms with Crippen molar-refractivity contribution in [1.82, 2.24) is 10.2 Å². The predicted octanol–water partition coefficient (Wildman–Crippen LogP) is 2.41. The van der Waals surface area contributed by atoms with Gasteiger partial charge in [-0.2, -0.15) is 0 Å². The lowest BCUT2D eigenvalue weighted by atomic mass is 9.94. The van der Waals surface area contributed by atoms with Crippen LogP contribution in [0.25, 0.3) is 0 Å². The van der Waals surface area contributed by atoms with Gasteiger partial charge in [-0.15, -0.1) is 0 Å². The maximum absolute atomic E-state index is 5.48. The fraction of sp³-hybridized carbons (Fsp3) is 0.625. The molecular weight excluding hydrogens is 252 g/mol. The summed E-state index contributed by atoms with van der Waals surface area (Å²) in [5, 5.41) is 3.29. The number of piperidine rings is 1. The largest absolute Gasteiger partial charge is 0.454 e. The summed E-state index contributed by atoms with van der Waals surface area (Å²) in [6, 6.07) is 6.77. The van der Waals surface area contributed by atoms with Crippen molar-refractivity contribution in [2.75, 3.05) is 33.5 Å². The Hall–Kier alpha value is -1.26. The SMILES string of the molecule is CNCC1CCN(C(C)c2ccc3c(c2)OCO3)CC1. The molecule has 0 saturated carbocycles. The zero-order chi connectivity index (χ0) is 13.9. The molecular formula is C16H24N2O2. The lowest BCUT2D eigenvalue weighted by Gasteiger charge is -2.36. The average molecular weight is 276 g/mol. The van der Waals surface area contributed by atoms with E-state index < -0.39 is 0 Å². The van der Waals surface area contributed by atoms with Crippen molar-refractivity contribution in [2.24, 2.45) is 5.92 Å². The molecule has 0 bridgehead atoms. The number of ether oxygens (including phenoxy) is 2. The number of benzene rings is 1. The van der Waals surface area contributed by atoms with Gasteiger partial charge in [0.1, 0.15) is 0 Å². The minimum Gasteiger partial charge on any atom is -0.454 e. The second-order valence-corrected chi connectivity index (χ2v) is 5.83. The van der Waals surface area contributed by atoms with Crippen LogP contribution in [-0.4, -0.2) is 38.4 Å². The minimum absolute atomic E-state index is 0.350. The number of likely N-dealkylation sites (tertiary alicyclic amines) is 1. The second-order valence-electron chi connectivity index (χ2n) is 5.83. The zero-order valence-electron chi connectivity index (χ0n) is 12.4. The number of hydrogen-bond acceptors (Lipinski definition) is 4. The molecule has 20 heavy (non-hydrogen) atoms. The molecule has 0 aromatic heterocycles. The molecule has 1 N–H and O–H groups in total. The Morgan fingerprint density at radius 1 is 1.25 bits per heavy atom. The first kappa shape index (κ1) is 13.7. The number of nitrogens with one attached hydrogen (secondary N) is 1. The Morgan fingerprint density at radius 2 is 2.00 bits per heavy atom.